The molecule has 2 aromatic rings. The molecule has 6 heteroatoms. The van der Waals surface area contributed by atoms with Crippen molar-refractivity contribution in [1.29, 1.82) is 0 Å². The van der Waals surface area contributed by atoms with Crippen LogP contribution in [0.15, 0.2) is 25.8 Å². The second-order valence-corrected chi connectivity index (χ2v) is 5.48. The Hall–Kier alpha value is -1.14. The van der Waals surface area contributed by atoms with Gasteiger partial charge in [0.05, 0.1) is 22.1 Å². The van der Waals surface area contributed by atoms with E-state index in [4.69, 9.17) is 4.42 Å². The van der Waals surface area contributed by atoms with E-state index in [2.05, 4.69) is 26.2 Å². The Bertz CT molecular complexity index is 506. The van der Waals surface area contributed by atoms with E-state index in [1.165, 1.54) is 11.3 Å². The van der Waals surface area contributed by atoms with Gasteiger partial charge in [-0.3, -0.25) is 4.79 Å². The van der Waals surface area contributed by atoms with Gasteiger partial charge in [-0.05, 0) is 28.9 Å². The monoisotopic (exact) mass is 300 g/mol. The molecule has 0 fully saturated rings. The Balaban J connectivity index is 1.93. The van der Waals surface area contributed by atoms with Crippen molar-refractivity contribution >= 4 is 33.2 Å². The van der Waals surface area contributed by atoms with Crippen LogP contribution in [0.4, 0.5) is 0 Å². The summed E-state index contributed by atoms with van der Waals surface area (Å²) in [7, 11) is 0. The van der Waals surface area contributed by atoms with Crippen LogP contribution in [0.1, 0.15) is 22.0 Å². The molecule has 2 heterocycles. The average molecular weight is 301 g/mol. The third-order valence-electron chi connectivity index (χ3n) is 1.90. The van der Waals surface area contributed by atoms with Crippen molar-refractivity contribution in [2.45, 2.75) is 13.5 Å². The van der Waals surface area contributed by atoms with Crippen LogP contribution in [-0.2, 0) is 6.54 Å². The van der Waals surface area contributed by atoms with E-state index in [-0.39, 0.29) is 5.91 Å². The first kappa shape index (κ1) is 11.3. The highest BCUT2D eigenvalue weighted by Crippen LogP contribution is 2.20. The van der Waals surface area contributed by atoms with Crippen LogP contribution in [-0.4, -0.2) is 10.9 Å². The summed E-state index contributed by atoms with van der Waals surface area (Å²) in [6.07, 6.45) is 1.63. The smallest absolute Gasteiger partial charge is 0.252 e. The number of carbonyl (C=O) groups excluding carboxylic acids is 1. The van der Waals surface area contributed by atoms with Crippen molar-refractivity contribution in [3.63, 3.8) is 0 Å². The summed E-state index contributed by atoms with van der Waals surface area (Å²) in [5.41, 5.74) is 0.639. The van der Waals surface area contributed by atoms with Gasteiger partial charge in [-0.25, -0.2) is 4.98 Å². The Kier molecular flexibility index (Phi) is 3.40. The number of hydrogen-bond acceptors (Lipinski definition) is 4. The number of aromatic nitrogens is 1. The molecule has 0 saturated carbocycles. The summed E-state index contributed by atoms with van der Waals surface area (Å²) in [4.78, 5) is 15.6. The SMILES string of the molecule is Cc1cnc(CNC(=O)c2csc(Br)c2)o1. The minimum absolute atomic E-state index is 0.127. The van der Waals surface area contributed by atoms with Crippen molar-refractivity contribution in [3.8, 4) is 0 Å². The first-order valence-electron chi connectivity index (χ1n) is 4.58. The molecule has 0 aliphatic rings. The third-order valence-corrected chi connectivity index (χ3v) is 3.40. The molecule has 2 rings (SSSR count). The van der Waals surface area contributed by atoms with E-state index in [9.17, 15) is 4.79 Å². The molecule has 0 spiro atoms. The molecule has 0 saturated heterocycles. The maximum Gasteiger partial charge on any atom is 0.252 e. The normalized spacial score (nSPS) is 10.4. The number of aryl methyl sites for hydroxylation is 1. The van der Waals surface area contributed by atoms with Gasteiger partial charge >= 0.3 is 0 Å². The van der Waals surface area contributed by atoms with Gasteiger partial charge in [-0.15, -0.1) is 11.3 Å². The summed E-state index contributed by atoms with van der Waals surface area (Å²) in [5.74, 6) is 1.13. The van der Waals surface area contributed by atoms with E-state index in [1.807, 2.05) is 6.92 Å². The molecular formula is C10H9BrN2O2S. The average Bonchev–Trinajstić information content (AvgIpc) is 2.84. The fraction of sp³-hybridized carbons (Fsp3) is 0.200. The van der Waals surface area contributed by atoms with E-state index in [0.717, 1.165) is 9.55 Å². The minimum Gasteiger partial charge on any atom is -0.444 e. The van der Waals surface area contributed by atoms with Gasteiger partial charge in [0.25, 0.3) is 5.91 Å². The molecule has 0 aliphatic heterocycles. The first-order chi connectivity index (χ1) is 7.65. The van der Waals surface area contributed by atoms with Gasteiger partial charge in [0.2, 0.25) is 5.89 Å². The van der Waals surface area contributed by atoms with Crippen molar-refractivity contribution in [3.05, 3.63) is 38.6 Å². The number of amides is 1. The van der Waals surface area contributed by atoms with Crippen molar-refractivity contribution in [2.24, 2.45) is 0 Å². The fourth-order valence-corrected chi connectivity index (χ4v) is 2.31. The minimum atomic E-state index is -0.127. The van der Waals surface area contributed by atoms with E-state index in [1.54, 1.807) is 17.6 Å². The molecule has 0 radical (unpaired) electrons. The van der Waals surface area contributed by atoms with Crippen LogP contribution in [0.2, 0.25) is 0 Å². The Labute approximate surface area is 105 Å². The van der Waals surface area contributed by atoms with Gasteiger partial charge in [-0.1, -0.05) is 0 Å². The Morgan fingerprint density at radius 3 is 3.06 bits per heavy atom. The highest BCUT2D eigenvalue weighted by atomic mass is 79.9. The van der Waals surface area contributed by atoms with E-state index < -0.39 is 0 Å². The van der Waals surface area contributed by atoms with Crippen LogP contribution in [0, 0.1) is 6.92 Å². The number of nitrogens with zero attached hydrogens (tertiary/aromatic N) is 1. The summed E-state index contributed by atoms with van der Waals surface area (Å²) in [6, 6.07) is 1.78. The van der Waals surface area contributed by atoms with Crippen LogP contribution in [0.5, 0.6) is 0 Å². The quantitative estimate of drug-likeness (QED) is 0.948. The second-order valence-electron chi connectivity index (χ2n) is 3.19. The number of carbonyl (C=O) groups is 1. The number of oxazole rings is 1. The summed E-state index contributed by atoms with van der Waals surface area (Å²) >= 11 is 4.78. The molecule has 0 aliphatic carbocycles. The van der Waals surface area contributed by atoms with Crippen LogP contribution in [0.3, 0.4) is 0 Å². The zero-order chi connectivity index (χ0) is 11.5. The lowest BCUT2D eigenvalue weighted by molar-refractivity contribution is 0.0947. The predicted octanol–water partition coefficient (Wildman–Crippen LogP) is 2.74. The molecule has 0 unspecified atom stereocenters. The fourth-order valence-electron chi connectivity index (χ4n) is 1.17. The van der Waals surface area contributed by atoms with E-state index >= 15 is 0 Å². The number of halogens is 1. The van der Waals surface area contributed by atoms with Gasteiger partial charge in [0, 0.05) is 5.38 Å². The van der Waals surface area contributed by atoms with E-state index in [0.29, 0.717) is 18.0 Å². The Morgan fingerprint density at radius 2 is 2.50 bits per heavy atom. The highest BCUT2D eigenvalue weighted by Gasteiger charge is 2.08. The topological polar surface area (TPSA) is 55.1 Å². The summed E-state index contributed by atoms with van der Waals surface area (Å²) in [5, 5.41) is 4.52. The molecule has 1 N–H and O–H groups in total. The lowest BCUT2D eigenvalue weighted by Gasteiger charge is -1.99. The zero-order valence-corrected chi connectivity index (χ0v) is 10.9. The first-order valence-corrected chi connectivity index (χ1v) is 6.26. The van der Waals surface area contributed by atoms with Crippen molar-refractivity contribution in [2.75, 3.05) is 0 Å². The summed E-state index contributed by atoms with van der Waals surface area (Å²) in [6.45, 7) is 2.12. The molecule has 0 atom stereocenters. The standard InChI is InChI=1S/C10H9BrN2O2S/c1-6-3-12-9(15-6)4-13-10(14)7-2-8(11)16-5-7/h2-3,5H,4H2,1H3,(H,13,14). The van der Waals surface area contributed by atoms with Crippen molar-refractivity contribution < 1.29 is 9.21 Å². The molecule has 0 bridgehead atoms. The number of thiophene rings is 1. The maximum absolute atomic E-state index is 11.6. The van der Waals surface area contributed by atoms with Gasteiger partial charge in [0.15, 0.2) is 0 Å². The molecule has 1 amide bonds. The number of rotatable bonds is 3. The van der Waals surface area contributed by atoms with Gasteiger partial charge in [0.1, 0.15) is 5.76 Å². The molecular weight excluding hydrogens is 292 g/mol. The maximum atomic E-state index is 11.6. The number of hydrogen-bond donors (Lipinski definition) is 1. The molecule has 84 valence electrons. The van der Waals surface area contributed by atoms with Crippen LogP contribution >= 0.6 is 27.3 Å². The van der Waals surface area contributed by atoms with Crippen molar-refractivity contribution in [1.82, 2.24) is 10.3 Å². The molecule has 16 heavy (non-hydrogen) atoms. The number of nitrogens with one attached hydrogen (secondary N) is 1. The van der Waals surface area contributed by atoms with Gasteiger partial charge in [-0.2, -0.15) is 0 Å². The lowest BCUT2D eigenvalue weighted by Crippen LogP contribution is -2.22. The predicted molar refractivity (Wildman–Crippen MR) is 64.4 cm³/mol. The highest BCUT2D eigenvalue weighted by molar-refractivity contribution is 9.11. The van der Waals surface area contributed by atoms with Gasteiger partial charge < -0.3 is 9.73 Å². The van der Waals surface area contributed by atoms with Crippen LogP contribution in [0.25, 0.3) is 0 Å². The zero-order valence-electron chi connectivity index (χ0n) is 8.49. The molecule has 0 aromatic carbocycles. The van der Waals surface area contributed by atoms with Crippen LogP contribution < -0.4 is 5.32 Å². The second kappa shape index (κ2) is 4.80. The largest absolute Gasteiger partial charge is 0.444 e. The summed E-state index contributed by atoms with van der Waals surface area (Å²) < 4.78 is 6.18. The third kappa shape index (κ3) is 2.70. The Morgan fingerprint density at radius 1 is 1.69 bits per heavy atom. The molecule has 2 aromatic heterocycles. The molecule has 4 nitrogen and oxygen atoms in total. The lowest BCUT2D eigenvalue weighted by atomic mass is 10.3.